The van der Waals surface area contributed by atoms with Gasteiger partial charge in [0.05, 0.1) is 25.7 Å². The Balaban J connectivity index is 1.58. The van der Waals surface area contributed by atoms with Crippen LogP contribution in [-0.2, 0) is 4.74 Å². The number of morpholine rings is 1. The van der Waals surface area contributed by atoms with E-state index in [1.165, 1.54) is 17.5 Å². The minimum absolute atomic E-state index is 0.235. The number of allylic oxidation sites excluding steroid dienone is 2. The summed E-state index contributed by atoms with van der Waals surface area (Å²) in [6.07, 6.45) is 7.19. The number of benzene rings is 1. The zero-order valence-electron chi connectivity index (χ0n) is 15.9. The van der Waals surface area contributed by atoms with Gasteiger partial charge in [-0.15, -0.1) is 0 Å². The highest BCUT2D eigenvalue weighted by Gasteiger charge is 2.25. The summed E-state index contributed by atoms with van der Waals surface area (Å²) in [5, 5.41) is 4.89. The van der Waals surface area contributed by atoms with Crippen LogP contribution in [0.1, 0.15) is 29.0 Å². The number of carbonyl (C=O) groups excluding carboxylic acids is 1. The van der Waals surface area contributed by atoms with Crippen LogP contribution in [0, 0.1) is 0 Å². The minimum Gasteiger partial charge on any atom is -0.459 e. The summed E-state index contributed by atoms with van der Waals surface area (Å²) in [7, 11) is 0. The molecule has 1 aromatic carbocycles. The van der Waals surface area contributed by atoms with Gasteiger partial charge in [-0.2, -0.15) is 5.10 Å². The molecule has 0 unspecified atom stereocenters. The lowest BCUT2D eigenvalue weighted by Crippen LogP contribution is -2.36. The molecule has 4 rings (SSSR count). The largest absolute Gasteiger partial charge is 0.459 e. The van der Waals surface area contributed by atoms with Crippen molar-refractivity contribution in [1.29, 1.82) is 0 Å². The Labute approximate surface area is 174 Å². The van der Waals surface area contributed by atoms with E-state index in [-0.39, 0.29) is 11.7 Å². The maximum absolute atomic E-state index is 12.0. The summed E-state index contributed by atoms with van der Waals surface area (Å²) < 4.78 is 10.6. The Bertz CT molecular complexity index is 940. The van der Waals surface area contributed by atoms with Crippen LogP contribution in [0.3, 0.4) is 0 Å². The second-order valence-corrected chi connectivity index (χ2v) is 7.31. The van der Waals surface area contributed by atoms with E-state index in [1.807, 2.05) is 24.3 Å². The highest BCUT2D eigenvalue weighted by molar-refractivity contribution is 6.30. The van der Waals surface area contributed by atoms with Crippen molar-refractivity contribution in [2.45, 2.75) is 12.8 Å². The van der Waals surface area contributed by atoms with E-state index in [0.29, 0.717) is 13.2 Å². The number of nitrogens with zero attached hydrogens (tertiary/aromatic N) is 2. The molecule has 1 fully saturated rings. The first kappa shape index (κ1) is 19.5. The van der Waals surface area contributed by atoms with Crippen molar-refractivity contribution in [3.05, 3.63) is 75.9 Å². The number of hydrazone groups is 1. The van der Waals surface area contributed by atoms with Crippen molar-refractivity contribution < 1.29 is 13.9 Å². The van der Waals surface area contributed by atoms with Crippen LogP contribution in [0.2, 0.25) is 5.02 Å². The molecular formula is C22H22ClN3O3. The van der Waals surface area contributed by atoms with Gasteiger partial charge in [0.15, 0.2) is 5.76 Å². The van der Waals surface area contributed by atoms with E-state index in [2.05, 4.69) is 21.5 Å². The molecule has 2 aliphatic rings. The Morgan fingerprint density at radius 3 is 2.66 bits per heavy atom. The molecule has 1 aromatic heterocycles. The second-order valence-electron chi connectivity index (χ2n) is 6.87. The first-order chi connectivity index (χ1) is 14.2. The third kappa shape index (κ3) is 4.78. The number of rotatable bonds is 5. The molecule has 0 saturated carbocycles. The summed E-state index contributed by atoms with van der Waals surface area (Å²) in [5.74, 6) is -0.131. The van der Waals surface area contributed by atoms with Gasteiger partial charge in [0.1, 0.15) is 0 Å². The molecule has 0 bridgehead atoms. The molecular weight excluding hydrogens is 390 g/mol. The van der Waals surface area contributed by atoms with E-state index in [0.717, 1.165) is 42.1 Å². The molecule has 0 spiro atoms. The van der Waals surface area contributed by atoms with Gasteiger partial charge in [-0.25, -0.2) is 5.43 Å². The lowest BCUT2D eigenvalue weighted by Gasteiger charge is -2.31. The van der Waals surface area contributed by atoms with E-state index in [4.69, 9.17) is 20.8 Å². The summed E-state index contributed by atoms with van der Waals surface area (Å²) in [6.45, 7) is 3.08. The number of carbonyl (C=O) groups is 1. The molecule has 1 saturated heterocycles. The Morgan fingerprint density at radius 2 is 1.93 bits per heavy atom. The summed E-state index contributed by atoms with van der Waals surface area (Å²) in [5.41, 5.74) is 7.18. The SMILES string of the molecule is O=C(N/N=C\C1=C(N2CCOCC2)C(=C/c2ccc(Cl)cc2)/CC1)c1ccco1. The number of nitrogens with one attached hydrogen (secondary N) is 1. The molecule has 1 amide bonds. The van der Waals surface area contributed by atoms with Gasteiger partial charge in [0.25, 0.3) is 0 Å². The maximum atomic E-state index is 12.0. The van der Waals surface area contributed by atoms with E-state index >= 15 is 0 Å². The summed E-state index contributed by atoms with van der Waals surface area (Å²) in [4.78, 5) is 14.4. The number of halogens is 1. The van der Waals surface area contributed by atoms with Crippen molar-refractivity contribution in [1.82, 2.24) is 10.3 Å². The van der Waals surface area contributed by atoms with Crippen molar-refractivity contribution in [2.75, 3.05) is 26.3 Å². The van der Waals surface area contributed by atoms with Gasteiger partial charge < -0.3 is 14.1 Å². The van der Waals surface area contributed by atoms with Gasteiger partial charge >= 0.3 is 5.91 Å². The third-order valence-corrected chi connectivity index (χ3v) is 5.19. The lowest BCUT2D eigenvalue weighted by molar-refractivity contribution is 0.0548. The zero-order valence-corrected chi connectivity index (χ0v) is 16.7. The first-order valence-electron chi connectivity index (χ1n) is 9.60. The molecule has 7 heteroatoms. The maximum Gasteiger partial charge on any atom is 0.307 e. The molecule has 0 radical (unpaired) electrons. The minimum atomic E-state index is -0.366. The van der Waals surface area contributed by atoms with Crippen LogP contribution in [0.5, 0.6) is 0 Å². The predicted molar refractivity (Wildman–Crippen MR) is 113 cm³/mol. The molecule has 6 nitrogen and oxygen atoms in total. The van der Waals surface area contributed by atoms with Crippen LogP contribution in [-0.4, -0.2) is 43.3 Å². The van der Waals surface area contributed by atoms with Gasteiger partial charge in [0.2, 0.25) is 0 Å². The number of amides is 1. The standard InChI is InChI=1S/C22H22ClN3O3/c23-19-7-3-16(4-8-19)14-17-5-6-18(21(17)26-9-12-28-13-10-26)15-24-25-22(27)20-2-1-11-29-20/h1-4,7-8,11,14-15H,5-6,9-10,12-13H2,(H,25,27)/b17-14+,24-15-. The second kappa shape index (κ2) is 9.11. The van der Waals surface area contributed by atoms with Crippen LogP contribution < -0.4 is 5.43 Å². The molecule has 150 valence electrons. The highest BCUT2D eigenvalue weighted by Crippen LogP contribution is 2.35. The Hall–Kier alpha value is -2.83. The Kier molecular flexibility index (Phi) is 6.12. The fourth-order valence-corrected chi connectivity index (χ4v) is 3.69. The topological polar surface area (TPSA) is 67.1 Å². The third-order valence-electron chi connectivity index (χ3n) is 4.94. The van der Waals surface area contributed by atoms with Gasteiger partial charge in [-0.1, -0.05) is 23.7 Å². The molecule has 1 aliphatic carbocycles. The molecule has 1 N–H and O–H groups in total. The molecule has 2 heterocycles. The zero-order chi connectivity index (χ0) is 20.1. The fraction of sp³-hybridized carbons (Fsp3) is 0.273. The van der Waals surface area contributed by atoms with E-state index in [9.17, 15) is 4.79 Å². The highest BCUT2D eigenvalue weighted by atomic mass is 35.5. The smallest absolute Gasteiger partial charge is 0.307 e. The van der Waals surface area contributed by atoms with Crippen molar-refractivity contribution in [2.24, 2.45) is 5.10 Å². The van der Waals surface area contributed by atoms with Crippen LogP contribution in [0.15, 0.2) is 69.0 Å². The summed E-state index contributed by atoms with van der Waals surface area (Å²) in [6, 6.07) is 11.1. The van der Waals surface area contributed by atoms with Crippen LogP contribution in [0.25, 0.3) is 6.08 Å². The molecule has 1 aliphatic heterocycles. The van der Waals surface area contributed by atoms with Crippen molar-refractivity contribution in [3.8, 4) is 0 Å². The lowest BCUT2D eigenvalue weighted by atomic mass is 10.1. The number of hydrogen-bond donors (Lipinski definition) is 1. The average Bonchev–Trinajstić information content (AvgIpc) is 3.41. The predicted octanol–water partition coefficient (Wildman–Crippen LogP) is 4.11. The van der Waals surface area contributed by atoms with E-state index in [1.54, 1.807) is 18.3 Å². The monoisotopic (exact) mass is 411 g/mol. The normalized spacial score (nSPS) is 18.8. The van der Waals surface area contributed by atoms with Gasteiger partial charge in [0, 0.05) is 23.8 Å². The fourth-order valence-electron chi connectivity index (χ4n) is 3.56. The van der Waals surface area contributed by atoms with Crippen molar-refractivity contribution in [3.63, 3.8) is 0 Å². The van der Waals surface area contributed by atoms with Crippen molar-refractivity contribution >= 4 is 29.8 Å². The van der Waals surface area contributed by atoms with Gasteiger partial charge in [-0.05, 0) is 59.9 Å². The molecule has 29 heavy (non-hydrogen) atoms. The average molecular weight is 412 g/mol. The molecule has 2 aromatic rings. The number of hydrogen-bond acceptors (Lipinski definition) is 5. The number of ether oxygens (including phenoxy) is 1. The Morgan fingerprint density at radius 1 is 1.14 bits per heavy atom. The van der Waals surface area contributed by atoms with E-state index < -0.39 is 0 Å². The molecule has 0 atom stereocenters. The number of furan rings is 1. The summed E-state index contributed by atoms with van der Waals surface area (Å²) >= 11 is 6.01. The first-order valence-corrected chi connectivity index (χ1v) is 9.98. The van der Waals surface area contributed by atoms with Crippen LogP contribution >= 0.6 is 11.6 Å². The quantitative estimate of drug-likeness (QED) is 0.593. The van der Waals surface area contributed by atoms with Gasteiger partial charge in [-0.3, -0.25) is 4.79 Å². The van der Waals surface area contributed by atoms with Crippen LogP contribution in [0.4, 0.5) is 0 Å².